The molecule has 4 nitrogen and oxygen atoms in total. The van der Waals surface area contributed by atoms with Gasteiger partial charge in [0.25, 0.3) is 0 Å². The van der Waals surface area contributed by atoms with E-state index in [1.54, 1.807) is 13.0 Å². The van der Waals surface area contributed by atoms with Crippen molar-refractivity contribution in [3.8, 4) is 0 Å². The van der Waals surface area contributed by atoms with Crippen LogP contribution >= 0.6 is 0 Å². The topological polar surface area (TPSA) is 78.3 Å². The van der Waals surface area contributed by atoms with Crippen molar-refractivity contribution < 1.29 is 9.53 Å². The molecule has 0 rings (SSSR count). The predicted molar refractivity (Wildman–Crippen MR) is 46.8 cm³/mol. The molecule has 4 N–H and O–H groups in total. The number of carbonyl (C=O) groups excluding carboxylic acids is 1. The second-order valence-electron chi connectivity index (χ2n) is 2.08. The normalized spacial score (nSPS) is 11.9. The van der Waals surface area contributed by atoms with Gasteiger partial charge in [0.15, 0.2) is 0 Å². The summed E-state index contributed by atoms with van der Waals surface area (Å²) in [5.74, 6) is -0.299. The number of nitrogens with two attached hydrogens (primary N) is 2. The molecular weight excluding hydrogens is 156 g/mol. The molecule has 0 unspecified atom stereocenters. The number of allylic oxidation sites excluding steroid dienone is 1. The highest BCUT2D eigenvalue weighted by molar-refractivity contribution is 5.73. The van der Waals surface area contributed by atoms with E-state index in [1.165, 1.54) is 12.4 Å². The van der Waals surface area contributed by atoms with Gasteiger partial charge in [0.05, 0.1) is 13.0 Å². The number of esters is 1. The van der Waals surface area contributed by atoms with Gasteiger partial charge in [-0.2, -0.15) is 0 Å². The van der Waals surface area contributed by atoms with Crippen molar-refractivity contribution in [2.75, 3.05) is 6.61 Å². The highest BCUT2D eigenvalue weighted by Crippen LogP contribution is 2.02. The van der Waals surface area contributed by atoms with E-state index in [-0.39, 0.29) is 12.4 Å². The van der Waals surface area contributed by atoms with Crippen molar-refractivity contribution in [1.82, 2.24) is 0 Å². The molecule has 0 aliphatic rings. The molecule has 0 bridgehead atoms. The lowest BCUT2D eigenvalue weighted by Gasteiger charge is -2.00. The summed E-state index contributed by atoms with van der Waals surface area (Å²) in [6.45, 7) is 2.13. The van der Waals surface area contributed by atoms with Gasteiger partial charge in [0.1, 0.15) is 0 Å². The lowest BCUT2D eigenvalue weighted by Crippen LogP contribution is -2.05. The number of hydrogen-bond donors (Lipinski definition) is 2. The molecule has 0 aliphatic carbocycles. The Bertz CT molecular complexity index is 197. The Labute approximate surface area is 71.9 Å². The zero-order valence-electron chi connectivity index (χ0n) is 7.12. The Morgan fingerprint density at radius 1 is 1.50 bits per heavy atom. The first kappa shape index (κ1) is 10.6. The Balaban J connectivity index is 3.95. The third-order valence-corrected chi connectivity index (χ3v) is 1.18. The van der Waals surface area contributed by atoms with Crippen LogP contribution in [0, 0.1) is 0 Å². The van der Waals surface area contributed by atoms with Crippen molar-refractivity contribution in [2.24, 2.45) is 11.5 Å². The molecular formula is C8H14N2O2. The third-order valence-electron chi connectivity index (χ3n) is 1.18. The fraction of sp³-hybridized carbons (Fsp3) is 0.375. The number of hydrogen-bond acceptors (Lipinski definition) is 4. The fourth-order valence-electron chi connectivity index (χ4n) is 0.676. The zero-order chi connectivity index (χ0) is 9.40. The van der Waals surface area contributed by atoms with Gasteiger partial charge in [0, 0.05) is 0 Å². The Hall–Kier alpha value is -1.45. The predicted octanol–water partition coefficient (Wildman–Crippen LogP) is 0.255. The van der Waals surface area contributed by atoms with Gasteiger partial charge in [-0.15, -0.1) is 0 Å². The molecule has 0 aromatic carbocycles. The van der Waals surface area contributed by atoms with Crippen molar-refractivity contribution in [3.63, 3.8) is 0 Å². The summed E-state index contributed by atoms with van der Waals surface area (Å²) in [5, 5.41) is 0. The van der Waals surface area contributed by atoms with Gasteiger partial charge in [-0.25, -0.2) is 0 Å². The number of rotatable bonds is 4. The molecule has 0 amide bonds. The standard InChI is InChI=1S/C8H14N2O2/c1-2-12-8(11)5-7(6-10)3-4-9/h3-4,6H,2,5,9-10H2,1H3/b4-3-,7-6+. The van der Waals surface area contributed by atoms with E-state index in [2.05, 4.69) is 0 Å². The first-order valence-electron chi connectivity index (χ1n) is 3.69. The summed E-state index contributed by atoms with van der Waals surface area (Å²) in [5.41, 5.74) is 11.0. The zero-order valence-corrected chi connectivity index (χ0v) is 7.12. The van der Waals surface area contributed by atoms with Crippen LogP contribution in [0.15, 0.2) is 24.0 Å². The Kier molecular flexibility index (Phi) is 5.51. The third kappa shape index (κ3) is 4.38. The Morgan fingerprint density at radius 3 is 2.58 bits per heavy atom. The summed E-state index contributed by atoms with van der Waals surface area (Å²) in [7, 11) is 0. The van der Waals surface area contributed by atoms with Crippen LogP contribution in [-0.4, -0.2) is 12.6 Å². The highest BCUT2D eigenvalue weighted by atomic mass is 16.5. The van der Waals surface area contributed by atoms with Crippen molar-refractivity contribution in [3.05, 3.63) is 24.0 Å². The average molecular weight is 170 g/mol. The average Bonchev–Trinajstić information content (AvgIpc) is 2.04. The van der Waals surface area contributed by atoms with E-state index in [4.69, 9.17) is 16.2 Å². The summed E-state index contributed by atoms with van der Waals surface area (Å²) in [4.78, 5) is 10.9. The van der Waals surface area contributed by atoms with E-state index >= 15 is 0 Å². The van der Waals surface area contributed by atoms with Gasteiger partial charge in [-0.05, 0) is 31.0 Å². The Morgan fingerprint density at radius 2 is 2.17 bits per heavy atom. The summed E-state index contributed by atoms with van der Waals surface area (Å²) < 4.78 is 4.71. The second kappa shape index (κ2) is 6.27. The minimum atomic E-state index is -0.299. The van der Waals surface area contributed by atoms with Crippen LogP contribution in [0.25, 0.3) is 0 Å². The van der Waals surface area contributed by atoms with Gasteiger partial charge in [0.2, 0.25) is 0 Å². The monoisotopic (exact) mass is 170 g/mol. The molecule has 4 heteroatoms. The van der Waals surface area contributed by atoms with Crippen molar-refractivity contribution >= 4 is 5.97 Å². The van der Waals surface area contributed by atoms with Crippen molar-refractivity contribution in [2.45, 2.75) is 13.3 Å². The summed E-state index contributed by atoms with van der Waals surface area (Å²) in [6, 6.07) is 0. The molecule has 0 aromatic rings. The molecule has 0 saturated heterocycles. The van der Waals surface area contributed by atoms with Crippen LogP contribution < -0.4 is 11.5 Å². The molecule has 12 heavy (non-hydrogen) atoms. The van der Waals surface area contributed by atoms with Crippen LogP contribution in [0.1, 0.15) is 13.3 Å². The molecule has 0 saturated carbocycles. The molecule has 0 aromatic heterocycles. The number of ether oxygens (including phenoxy) is 1. The van der Waals surface area contributed by atoms with Crippen LogP contribution in [0.2, 0.25) is 0 Å². The minimum absolute atomic E-state index is 0.165. The van der Waals surface area contributed by atoms with E-state index in [0.29, 0.717) is 12.2 Å². The van der Waals surface area contributed by atoms with E-state index < -0.39 is 0 Å². The first-order chi connectivity index (χ1) is 5.74. The highest BCUT2D eigenvalue weighted by Gasteiger charge is 2.02. The molecule has 0 radical (unpaired) electrons. The minimum Gasteiger partial charge on any atom is -0.466 e. The van der Waals surface area contributed by atoms with Gasteiger partial charge in [-0.3, -0.25) is 4.79 Å². The largest absolute Gasteiger partial charge is 0.466 e. The van der Waals surface area contributed by atoms with Crippen LogP contribution in [0.3, 0.4) is 0 Å². The fourth-order valence-corrected chi connectivity index (χ4v) is 0.676. The summed E-state index contributed by atoms with van der Waals surface area (Å²) >= 11 is 0. The van der Waals surface area contributed by atoms with E-state index in [9.17, 15) is 4.79 Å². The smallest absolute Gasteiger partial charge is 0.310 e. The molecule has 0 aliphatic heterocycles. The SMILES string of the molecule is CCOC(=O)CC(/C=C\N)=C/N. The van der Waals surface area contributed by atoms with Crippen LogP contribution in [-0.2, 0) is 9.53 Å². The van der Waals surface area contributed by atoms with Crippen LogP contribution in [0.5, 0.6) is 0 Å². The molecule has 68 valence electrons. The number of carbonyl (C=O) groups is 1. The van der Waals surface area contributed by atoms with Crippen molar-refractivity contribution in [1.29, 1.82) is 0 Å². The summed E-state index contributed by atoms with van der Waals surface area (Å²) in [6.07, 6.45) is 4.40. The maximum Gasteiger partial charge on any atom is 0.310 e. The molecule has 0 atom stereocenters. The van der Waals surface area contributed by atoms with E-state index in [0.717, 1.165) is 0 Å². The maximum absolute atomic E-state index is 10.9. The molecule has 0 spiro atoms. The van der Waals surface area contributed by atoms with Gasteiger partial charge in [-0.1, -0.05) is 0 Å². The second-order valence-corrected chi connectivity index (χ2v) is 2.08. The first-order valence-corrected chi connectivity index (χ1v) is 3.69. The molecule has 0 heterocycles. The van der Waals surface area contributed by atoms with Crippen LogP contribution in [0.4, 0.5) is 0 Å². The maximum atomic E-state index is 10.9. The quantitative estimate of drug-likeness (QED) is 0.468. The van der Waals surface area contributed by atoms with Gasteiger partial charge < -0.3 is 16.2 Å². The van der Waals surface area contributed by atoms with Gasteiger partial charge >= 0.3 is 5.97 Å². The molecule has 0 fully saturated rings. The lowest BCUT2D eigenvalue weighted by molar-refractivity contribution is -0.142. The van der Waals surface area contributed by atoms with E-state index in [1.807, 2.05) is 0 Å². The lowest BCUT2D eigenvalue weighted by atomic mass is 10.2.